The molecule has 2 fully saturated rings. The van der Waals surface area contributed by atoms with Crippen molar-refractivity contribution in [1.29, 1.82) is 0 Å². The van der Waals surface area contributed by atoms with E-state index in [-0.39, 0.29) is 24.0 Å². The van der Waals surface area contributed by atoms with E-state index in [1.807, 2.05) is 30.3 Å². The van der Waals surface area contributed by atoms with Crippen LogP contribution in [0.25, 0.3) is 0 Å². The molecule has 2 saturated heterocycles. The number of carbonyl (C=O) groups excluding carboxylic acids is 1. The molecule has 1 N–H and O–H groups in total. The fourth-order valence-electron chi connectivity index (χ4n) is 3.44. The van der Waals surface area contributed by atoms with E-state index in [2.05, 4.69) is 24.1 Å². The monoisotopic (exact) mass is 288 g/mol. The number of nitrogens with zero attached hydrogens (tertiary/aromatic N) is 1. The molecule has 1 aromatic carbocycles. The van der Waals surface area contributed by atoms with Crippen LogP contribution in [0, 0.1) is 11.8 Å². The summed E-state index contributed by atoms with van der Waals surface area (Å²) in [6.45, 7) is 7.39. The summed E-state index contributed by atoms with van der Waals surface area (Å²) >= 11 is 0. The van der Waals surface area contributed by atoms with Gasteiger partial charge >= 0.3 is 0 Å². The molecule has 2 aliphatic heterocycles. The Bertz CT molecular complexity index is 489. The second kappa shape index (κ2) is 6.16. The van der Waals surface area contributed by atoms with Crippen LogP contribution in [-0.2, 0) is 9.53 Å². The highest BCUT2D eigenvalue weighted by molar-refractivity contribution is 5.93. The molecule has 114 valence electrons. The summed E-state index contributed by atoms with van der Waals surface area (Å²) in [5.41, 5.74) is 0.864. The first-order valence-corrected chi connectivity index (χ1v) is 7.85. The molecule has 0 spiro atoms. The van der Waals surface area contributed by atoms with E-state index in [1.165, 1.54) is 0 Å². The summed E-state index contributed by atoms with van der Waals surface area (Å²) in [5.74, 6) is 0.728. The number of morpholine rings is 1. The lowest BCUT2D eigenvalue weighted by Crippen LogP contribution is -2.45. The zero-order valence-corrected chi connectivity index (χ0v) is 12.8. The summed E-state index contributed by atoms with van der Waals surface area (Å²) < 4.78 is 5.98. The third-order valence-electron chi connectivity index (χ3n) is 4.23. The number of anilines is 1. The minimum atomic E-state index is -0.0210. The number of hydrogen-bond acceptors (Lipinski definition) is 3. The topological polar surface area (TPSA) is 41.6 Å². The van der Waals surface area contributed by atoms with Crippen molar-refractivity contribution in [2.24, 2.45) is 11.8 Å². The van der Waals surface area contributed by atoms with E-state index in [0.717, 1.165) is 31.7 Å². The maximum Gasteiger partial charge on any atom is 0.230 e. The number of likely N-dealkylation sites (tertiary alicyclic amines) is 1. The first-order valence-electron chi connectivity index (χ1n) is 7.85. The van der Waals surface area contributed by atoms with Gasteiger partial charge in [0.1, 0.15) is 0 Å². The third kappa shape index (κ3) is 3.44. The smallest absolute Gasteiger partial charge is 0.230 e. The van der Waals surface area contributed by atoms with E-state index in [0.29, 0.717) is 5.92 Å². The number of hydrogen-bond donors (Lipinski definition) is 1. The van der Waals surface area contributed by atoms with E-state index < -0.39 is 0 Å². The lowest BCUT2D eigenvalue weighted by molar-refractivity contribution is -0.123. The third-order valence-corrected chi connectivity index (χ3v) is 4.23. The molecule has 3 rings (SSSR count). The van der Waals surface area contributed by atoms with Crippen LogP contribution in [0.15, 0.2) is 30.3 Å². The van der Waals surface area contributed by atoms with Gasteiger partial charge in [0.15, 0.2) is 0 Å². The van der Waals surface area contributed by atoms with Crippen LogP contribution in [0.5, 0.6) is 0 Å². The predicted molar refractivity (Wildman–Crippen MR) is 83.1 cm³/mol. The van der Waals surface area contributed by atoms with Gasteiger partial charge in [-0.2, -0.15) is 0 Å². The van der Waals surface area contributed by atoms with Gasteiger partial charge in [0, 0.05) is 25.3 Å². The number of amides is 1. The second-order valence-electron chi connectivity index (χ2n) is 6.61. The van der Waals surface area contributed by atoms with Gasteiger partial charge in [0.2, 0.25) is 5.91 Å². The largest absolute Gasteiger partial charge is 0.371 e. The number of nitrogens with one attached hydrogen (secondary N) is 1. The van der Waals surface area contributed by atoms with Gasteiger partial charge in [-0.3, -0.25) is 9.69 Å². The average Bonchev–Trinajstić information content (AvgIpc) is 2.74. The van der Waals surface area contributed by atoms with E-state index >= 15 is 0 Å². The Hall–Kier alpha value is -1.39. The van der Waals surface area contributed by atoms with Crippen LogP contribution < -0.4 is 5.32 Å². The van der Waals surface area contributed by atoms with Crippen LogP contribution in [0.3, 0.4) is 0 Å². The highest BCUT2D eigenvalue weighted by Gasteiger charge is 2.44. The Morgan fingerprint density at radius 1 is 1.33 bits per heavy atom. The van der Waals surface area contributed by atoms with E-state index in [4.69, 9.17) is 4.74 Å². The highest BCUT2D eigenvalue weighted by atomic mass is 16.5. The molecule has 1 amide bonds. The van der Waals surface area contributed by atoms with Crippen LogP contribution in [0.1, 0.15) is 20.3 Å². The molecule has 0 saturated carbocycles. The summed E-state index contributed by atoms with van der Waals surface area (Å²) in [6, 6.07) is 9.66. The maximum absolute atomic E-state index is 12.5. The molecule has 2 bridgehead atoms. The van der Waals surface area contributed by atoms with Gasteiger partial charge < -0.3 is 10.1 Å². The fraction of sp³-hybridized carbons (Fsp3) is 0.588. The summed E-state index contributed by atoms with van der Waals surface area (Å²) in [7, 11) is 0. The molecule has 2 heterocycles. The number of ether oxygens (including phenoxy) is 1. The minimum Gasteiger partial charge on any atom is -0.371 e. The molecule has 0 aromatic heterocycles. The molecular formula is C17H24N2O2. The van der Waals surface area contributed by atoms with Crippen molar-refractivity contribution in [3.8, 4) is 0 Å². The number of benzene rings is 1. The Morgan fingerprint density at radius 3 is 2.81 bits per heavy atom. The van der Waals surface area contributed by atoms with Gasteiger partial charge in [-0.15, -0.1) is 0 Å². The summed E-state index contributed by atoms with van der Waals surface area (Å²) in [5, 5.41) is 3.01. The Kier molecular flexibility index (Phi) is 4.27. The normalized spacial score (nSPS) is 28.8. The minimum absolute atomic E-state index is 0.0210. The summed E-state index contributed by atoms with van der Waals surface area (Å²) in [4.78, 5) is 14.9. The maximum atomic E-state index is 12.5. The van der Waals surface area contributed by atoms with Crippen molar-refractivity contribution in [3.05, 3.63) is 30.3 Å². The van der Waals surface area contributed by atoms with Crippen molar-refractivity contribution < 1.29 is 9.53 Å². The Morgan fingerprint density at radius 2 is 2.10 bits per heavy atom. The van der Waals surface area contributed by atoms with Crippen molar-refractivity contribution in [3.63, 3.8) is 0 Å². The highest BCUT2D eigenvalue weighted by Crippen LogP contribution is 2.33. The second-order valence-corrected chi connectivity index (χ2v) is 6.61. The van der Waals surface area contributed by atoms with Crippen molar-refractivity contribution >= 4 is 11.6 Å². The average molecular weight is 288 g/mol. The van der Waals surface area contributed by atoms with E-state index in [9.17, 15) is 4.79 Å². The predicted octanol–water partition coefficient (Wildman–Crippen LogP) is 2.37. The lowest BCUT2D eigenvalue weighted by atomic mass is 9.99. The van der Waals surface area contributed by atoms with Gasteiger partial charge in [0.05, 0.1) is 18.1 Å². The molecule has 2 aliphatic rings. The standard InChI is InChI=1S/C17H24N2O2/c1-12(2)9-19-10-14-8-15(16(11-19)21-14)17(20)18-13-6-4-3-5-7-13/h3-7,12,14-16H,8-11H2,1-2H3,(H,18,20)/t14-,15+,16-/m0/s1. The van der Waals surface area contributed by atoms with Gasteiger partial charge in [-0.25, -0.2) is 0 Å². The SMILES string of the molecule is CC(C)CN1C[C@@H]2C[C@@H](C(=O)Nc3ccccc3)[C@H](C1)O2. The molecule has 4 heteroatoms. The lowest BCUT2D eigenvalue weighted by Gasteiger charge is -2.33. The fourth-order valence-corrected chi connectivity index (χ4v) is 3.44. The van der Waals surface area contributed by atoms with Gasteiger partial charge in [-0.1, -0.05) is 32.0 Å². The zero-order valence-electron chi connectivity index (χ0n) is 12.8. The molecule has 0 aliphatic carbocycles. The van der Waals surface area contributed by atoms with Crippen LogP contribution in [0.4, 0.5) is 5.69 Å². The molecule has 21 heavy (non-hydrogen) atoms. The first-order chi connectivity index (χ1) is 10.1. The van der Waals surface area contributed by atoms with E-state index in [1.54, 1.807) is 0 Å². The summed E-state index contributed by atoms with van der Waals surface area (Å²) in [6.07, 6.45) is 1.11. The number of para-hydroxylation sites is 1. The number of carbonyl (C=O) groups is 1. The van der Waals surface area contributed by atoms with Crippen LogP contribution in [-0.4, -0.2) is 42.6 Å². The molecule has 3 atom stereocenters. The first kappa shape index (κ1) is 14.5. The quantitative estimate of drug-likeness (QED) is 0.925. The Balaban J connectivity index is 1.61. The molecule has 0 radical (unpaired) electrons. The zero-order chi connectivity index (χ0) is 14.8. The van der Waals surface area contributed by atoms with Crippen molar-refractivity contribution in [2.75, 3.05) is 25.0 Å². The van der Waals surface area contributed by atoms with Gasteiger partial charge in [-0.05, 0) is 24.5 Å². The molecule has 1 aromatic rings. The molecular weight excluding hydrogens is 264 g/mol. The van der Waals surface area contributed by atoms with Crippen LogP contribution >= 0.6 is 0 Å². The number of rotatable bonds is 4. The molecule has 0 unspecified atom stereocenters. The van der Waals surface area contributed by atoms with Gasteiger partial charge in [0.25, 0.3) is 0 Å². The van der Waals surface area contributed by atoms with Crippen LogP contribution in [0.2, 0.25) is 0 Å². The molecule has 4 nitrogen and oxygen atoms in total. The number of fused-ring (bicyclic) bond motifs is 2. The Labute approximate surface area is 126 Å². The van der Waals surface area contributed by atoms with Crippen molar-refractivity contribution in [2.45, 2.75) is 32.5 Å². The van der Waals surface area contributed by atoms with Crippen molar-refractivity contribution in [1.82, 2.24) is 4.90 Å².